The molecule has 1 aromatic carbocycles. The Morgan fingerprint density at radius 2 is 2.03 bits per heavy atom. The van der Waals surface area contributed by atoms with Gasteiger partial charge in [0.1, 0.15) is 16.9 Å². The number of anilines is 2. The first-order valence-electron chi connectivity index (χ1n) is 11.9. The van der Waals surface area contributed by atoms with Crippen LogP contribution >= 0.6 is 0 Å². The number of nitrogens with one attached hydrogen (secondary N) is 1. The average molecular weight is 449 g/mol. The van der Waals surface area contributed by atoms with Gasteiger partial charge >= 0.3 is 0 Å². The minimum absolute atomic E-state index is 0.204. The first-order valence-corrected chi connectivity index (χ1v) is 11.9. The summed E-state index contributed by atoms with van der Waals surface area (Å²) in [6, 6.07) is 5.98. The SMILES string of the molecule is CCCCN1CCN(c2cc3c(cc2NC(=O)c2cnn4cccnc24)CC(C)(C)O3)CC1. The molecule has 0 radical (unpaired) electrons. The molecular formula is C25H32N6O2. The molecule has 2 aliphatic heterocycles. The van der Waals surface area contributed by atoms with Crippen LogP contribution in [0, 0.1) is 0 Å². The molecule has 0 unspecified atom stereocenters. The zero-order chi connectivity index (χ0) is 23.0. The van der Waals surface area contributed by atoms with Gasteiger partial charge in [-0.3, -0.25) is 9.69 Å². The number of hydrogen-bond donors (Lipinski definition) is 1. The summed E-state index contributed by atoms with van der Waals surface area (Å²) in [4.78, 5) is 22.5. The lowest BCUT2D eigenvalue weighted by Crippen LogP contribution is -2.46. The number of unbranched alkanes of at least 4 members (excludes halogenated alkanes) is 1. The van der Waals surface area contributed by atoms with Gasteiger partial charge in [-0.1, -0.05) is 13.3 Å². The Balaban J connectivity index is 1.43. The third-order valence-corrected chi connectivity index (χ3v) is 6.49. The summed E-state index contributed by atoms with van der Waals surface area (Å²) in [7, 11) is 0. The van der Waals surface area contributed by atoms with Crippen molar-refractivity contribution in [2.75, 3.05) is 42.9 Å². The molecule has 2 aromatic heterocycles. The van der Waals surface area contributed by atoms with Crippen LogP contribution in [0.25, 0.3) is 5.65 Å². The first kappa shape index (κ1) is 21.7. The Bertz CT molecular complexity index is 1160. The highest BCUT2D eigenvalue weighted by atomic mass is 16.5. The molecule has 33 heavy (non-hydrogen) atoms. The molecule has 1 N–H and O–H groups in total. The fraction of sp³-hybridized carbons (Fsp3) is 0.480. The van der Waals surface area contributed by atoms with Gasteiger partial charge in [-0.05, 0) is 38.9 Å². The summed E-state index contributed by atoms with van der Waals surface area (Å²) in [5.41, 5.74) is 3.72. The number of aromatic nitrogens is 3. The van der Waals surface area contributed by atoms with Gasteiger partial charge in [0, 0.05) is 56.6 Å². The molecule has 3 aromatic rings. The summed E-state index contributed by atoms with van der Waals surface area (Å²) in [6.45, 7) is 11.5. The third-order valence-electron chi connectivity index (χ3n) is 6.49. The first-order chi connectivity index (χ1) is 15.9. The molecule has 2 aliphatic rings. The largest absolute Gasteiger partial charge is 0.487 e. The zero-order valence-corrected chi connectivity index (χ0v) is 19.7. The molecule has 1 amide bonds. The van der Waals surface area contributed by atoms with Crippen molar-refractivity contribution < 1.29 is 9.53 Å². The molecule has 174 valence electrons. The molecule has 0 aliphatic carbocycles. The van der Waals surface area contributed by atoms with E-state index in [0.29, 0.717) is 11.2 Å². The fourth-order valence-corrected chi connectivity index (χ4v) is 4.77. The monoisotopic (exact) mass is 448 g/mol. The summed E-state index contributed by atoms with van der Waals surface area (Å²) < 4.78 is 7.83. The van der Waals surface area contributed by atoms with E-state index >= 15 is 0 Å². The van der Waals surface area contributed by atoms with Crippen LogP contribution in [0.4, 0.5) is 11.4 Å². The van der Waals surface area contributed by atoms with Crippen molar-refractivity contribution in [3.63, 3.8) is 0 Å². The molecule has 1 saturated heterocycles. The summed E-state index contributed by atoms with van der Waals surface area (Å²) in [6.07, 6.45) is 8.30. The molecular weight excluding hydrogens is 416 g/mol. The van der Waals surface area contributed by atoms with E-state index < -0.39 is 0 Å². The van der Waals surface area contributed by atoms with E-state index in [4.69, 9.17) is 4.74 Å². The van der Waals surface area contributed by atoms with Gasteiger partial charge in [-0.25, -0.2) is 9.50 Å². The number of amides is 1. The fourth-order valence-electron chi connectivity index (χ4n) is 4.77. The zero-order valence-electron chi connectivity index (χ0n) is 19.7. The molecule has 0 bridgehead atoms. The van der Waals surface area contributed by atoms with Crippen molar-refractivity contribution in [3.05, 3.63) is 47.9 Å². The quantitative estimate of drug-likeness (QED) is 0.621. The molecule has 4 heterocycles. The average Bonchev–Trinajstić information content (AvgIpc) is 3.36. The van der Waals surface area contributed by atoms with Crippen LogP contribution in [0.5, 0.6) is 5.75 Å². The molecule has 1 fully saturated rings. The summed E-state index contributed by atoms with van der Waals surface area (Å²) in [5, 5.41) is 7.42. The predicted octanol–water partition coefficient (Wildman–Crippen LogP) is 3.62. The van der Waals surface area contributed by atoms with E-state index in [1.165, 1.54) is 12.8 Å². The number of piperazine rings is 1. The van der Waals surface area contributed by atoms with Crippen molar-refractivity contribution in [2.45, 2.75) is 45.6 Å². The highest BCUT2D eigenvalue weighted by molar-refractivity contribution is 6.09. The van der Waals surface area contributed by atoms with Crippen molar-refractivity contribution >= 4 is 22.9 Å². The molecule has 0 atom stereocenters. The second kappa shape index (κ2) is 8.67. The van der Waals surface area contributed by atoms with Crippen LogP contribution in [-0.4, -0.2) is 63.7 Å². The minimum atomic E-state index is -0.243. The van der Waals surface area contributed by atoms with Gasteiger partial charge in [-0.2, -0.15) is 5.10 Å². The van der Waals surface area contributed by atoms with Gasteiger partial charge in [0.2, 0.25) is 0 Å². The second-order valence-electron chi connectivity index (χ2n) is 9.60. The summed E-state index contributed by atoms with van der Waals surface area (Å²) in [5.74, 6) is 0.712. The number of benzene rings is 1. The third kappa shape index (κ3) is 4.39. The van der Waals surface area contributed by atoms with Crippen molar-refractivity contribution in [1.29, 1.82) is 0 Å². The number of fused-ring (bicyclic) bond motifs is 2. The molecule has 0 spiro atoms. The van der Waals surface area contributed by atoms with Gasteiger partial charge in [0.05, 0.1) is 17.6 Å². The number of nitrogens with zero attached hydrogens (tertiary/aromatic N) is 5. The van der Waals surface area contributed by atoms with E-state index in [-0.39, 0.29) is 11.5 Å². The van der Waals surface area contributed by atoms with Crippen molar-refractivity contribution in [3.8, 4) is 5.75 Å². The Kier molecular flexibility index (Phi) is 5.70. The standard InChI is InChI=1S/C25H32N6O2/c1-4-5-8-29-10-12-30(13-11-29)21-15-22-18(16-25(2,3)33-22)14-20(21)28-24(32)19-17-27-31-9-6-7-26-23(19)31/h6-7,9,14-15,17H,4-5,8,10-13,16H2,1-3H3,(H,28,32). The van der Waals surface area contributed by atoms with Crippen LogP contribution in [0.1, 0.15) is 49.5 Å². The van der Waals surface area contributed by atoms with Crippen LogP contribution in [0.2, 0.25) is 0 Å². The van der Waals surface area contributed by atoms with E-state index in [1.807, 2.05) is 0 Å². The van der Waals surface area contributed by atoms with Gasteiger partial charge < -0.3 is 15.0 Å². The number of ether oxygens (including phenoxy) is 1. The lowest BCUT2D eigenvalue weighted by atomic mass is 10.0. The number of carbonyl (C=O) groups excluding carboxylic acids is 1. The maximum Gasteiger partial charge on any atom is 0.261 e. The highest BCUT2D eigenvalue weighted by Crippen LogP contribution is 2.42. The van der Waals surface area contributed by atoms with Crippen molar-refractivity contribution in [2.24, 2.45) is 0 Å². The predicted molar refractivity (Wildman–Crippen MR) is 129 cm³/mol. The van der Waals surface area contributed by atoms with Crippen LogP contribution < -0.4 is 15.0 Å². The Hall–Kier alpha value is -3.13. The topological polar surface area (TPSA) is 75.0 Å². The van der Waals surface area contributed by atoms with Crippen LogP contribution in [0.3, 0.4) is 0 Å². The van der Waals surface area contributed by atoms with Crippen LogP contribution in [0.15, 0.2) is 36.8 Å². The lowest BCUT2D eigenvalue weighted by molar-refractivity contribution is 0.102. The maximum absolute atomic E-state index is 13.3. The normalized spacial score (nSPS) is 17.7. The van der Waals surface area contributed by atoms with Gasteiger partial charge in [0.25, 0.3) is 5.91 Å². The number of carbonyl (C=O) groups is 1. The maximum atomic E-state index is 13.3. The molecule has 8 heteroatoms. The van der Waals surface area contributed by atoms with Crippen molar-refractivity contribution in [1.82, 2.24) is 19.5 Å². The Morgan fingerprint density at radius 3 is 2.82 bits per heavy atom. The van der Waals surface area contributed by atoms with E-state index in [9.17, 15) is 4.79 Å². The second-order valence-corrected chi connectivity index (χ2v) is 9.60. The van der Waals surface area contributed by atoms with Gasteiger partial charge in [0.15, 0.2) is 5.65 Å². The Morgan fingerprint density at radius 1 is 1.21 bits per heavy atom. The molecule has 0 saturated carbocycles. The van der Waals surface area contributed by atoms with Crippen LogP contribution in [-0.2, 0) is 6.42 Å². The lowest BCUT2D eigenvalue weighted by Gasteiger charge is -2.37. The van der Waals surface area contributed by atoms with E-state index in [0.717, 1.165) is 61.8 Å². The number of rotatable bonds is 6. The van der Waals surface area contributed by atoms with Gasteiger partial charge in [-0.15, -0.1) is 0 Å². The summed E-state index contributed by atoms with van der Waals surface area (Å²) >= 11 is 0. The Labute approximate surface area is 194 Å². The highest BCUT2D eigenvalue weighted by Gasteiger charge is 2.32. The number of hydrogen-bond acceptors (Lipinski definition) is 6. The molecule has 5 rings (SSSR count). The van der Waals surface area contributed by atoms with E-state index in [1.54, 1.807) is 29.2 Å². The smallest absolute Gasteiger partial charge is 0.261 e. The molecule has 8 nitrogen and oxygen atoms in total. The van der Waals surface area contributed by atoms with E-state index in [2.05, 4.69) is 58.1 Å². The minimum Gasteiger partial charge on any atom is -0.487 e.